The Bertz CT molecular complexity index is 656. The fraction of sp³-hybridized carbons (Fsp3) is 0.579. The van der Waals surface area contributed by atoms with Crippen LogP contribution in [0.1, 0.15) is 39.5 Å². The molecule has 2 aliphatic rings. The van der Waals surface area contributed by atoms with Gasteiger partial charge in [0.1, 0.15) is 19.3 Å². The van der Waals surface area contributed by atoms with Crippen molar-refractivity contribution >= 4 is 23.8 Å². The van der Waals surface area contributed by atoms with Gasteiger partial charge in [0.25, 0.3) is 11.8 Å². The van der Waals surface area contributed by atoms with Crippen LogP contribution in [0.2, 0.25) is 0 Å². The van der Waals surface area contributed by atoms with E-state index in [4.69, 9.17) is 9.47 Å². The first kappa shape index (κ1) is 21.6. The van der Waals surface area contributed by atoms with Gasteiger partial charge in [-0.15, -0.1) is 0 Å². The molecule has 2 aliphatic heterocycles. The van der Waals surface area contributed by atoms with E-state index >= 15 is 0 Å². The Hall–Kier alpha value is -2.68. The number of hydrogen-bond donors (Lipinski definition) is 1. The zero-order chi connectivity index (χ0) is 20.7. The van der Waals surface area contributed by atoms with Crippen molar-refractivity contribution < 1.29 is 33.9 Å². The van der Waals surface area contributed by atoms with Crippen LogP contribution in [0.3, 0.4) is 0 Å². The van der Waals surface area contributed by atoms with Crippen molar-refractivity contribution in [1.29, 1.82) is 0 Å². The molecule has 1 unspecified atom stereocenters. The van der Waals surface area contributed by atoms with Crippen molar-refractivity contribution in [2.24, 2.45) is 0 Å². The lowest BCUT2D eigenvalue weighted by Gasteiger charge is -2.46. The lowest BCUT2D eigenvalue weighted by atomic mass is 9.85. The molecule has 2 fully saturated rings. The van der Waals surface area contributed by atoms with Crippen molar-refractivity contribution in [2.75, 3.05) is 19.8 Å². The van der Waals surface area contributed by atoms with Crippen LogP contribution in [-0.2, 0) is 28.7 Å². The van der Waals surface area contributed by atoms with Crippen LogP contribution in [-0.4, -0.2) is 70.3 Å². The molecule has 1 N–H and O–H groups in total. The van der Waals surface area contributed by atoms with Crippen molar-refractivity contribution in [3.63, 3.8) is 0 Å². The summed E-state index contributed by atoms with van der Waals surface area (Å²) in [5.74, 6) is -1.69. The average molecular weight is 394 g/mol. The van der Waals surface area contributed by atoms with E-state index in [9.17, 15) is 24.4 Å². The van der Waals surface area contributed by atoms with Gasteiger partial charge in [-0.2, -0.15) is 0 Å². The molecule has 154 valence electrons. The highest BCUT2D eigenvalue weighted by atomic mass is 16.5. The van der Waals surface area contributed by atoms with Gasteiger partial charge < -0.3 is 14.4 Å². The zero-order valence-electron chi connectivity index (χ0n) is 16.1. The van der Waals surface area contributed by atoms with E-state index in [-0.39, 0.29) is 32.0 Å². The summed E-state index contributed by atoms with van der Waals surface area (Å²) in [7, 11) is 0. The molecular formula is C19H26N2O7. The van der Waals surface area contributed by atoms with Gasteiger partial charge in [0.15, 0.2) is 5.54 Å². The molecule has 2 saturated heterocycles. The van der Waals surface area contributed by atoms with E-state index in [0.717, 1.165) is 0 Å². The number of ether oxygens (including phenoxy) is 2. The van der Waals surface area contributed by atoms with Gasteiger partial charge >= 0.3 is 11.9 Å². The Morgan fingerprint density at radius 1 is 1.07 bits per heavy atom. The molecule has 0 radical (unpaired) electrons. The second kappa shape index (κ2) is 9.50. The third kappa shape index (κ3) is 4.78. The number of amides is 2. The average Bonchev–Trinajstić information content (AvgIpc) is 3.12. The van der Waals surface area contributed by atoms with E-state index in [1.54, 1.807) is 24.3 Å². The summed E-state index contributed by atoms with van der Waals surface area (Å²) in [6.07, 6.45) is 7.67. The van der Waals surface area contributed by atoms with Crippen molar-refractivity contribution in [1.82, 2.24) is 9.96 Å². The number of esters is 2. The summed E-state index contributed by atoms with van der Waals surface area (Å²) in [6.45, 7) is 3.12. The maximum absolute atomic E-state index is 13.2. The van der Waals surface area contributed by atoms with Crippen molar-refractivity contribution in [3.8, 4) is 0 Å². The van der Waals surface area contributed by atoms with Crippen LogP contribution in [0.25, 0.3) is 0 Å². The molecule has 9 nitrogen and oxygen atoms in total. The van der Waals surface area contributed by atoms with Crippen LogP contribution in [0.5, 0.6) is 0 Å². The first-order valence-electron chi connectivity index (χ1n) is 9.20. The lowest BCUT2D eigenvalue weighted by molar-refractivity contribution is -0.216. The maximum atomic E-state index is 13.2. The summed E-state index contributed by atoms with van der Waals surface area (Å²) in [6, 6.07) is -0.624. The quantitative estimate of drug-likeness (QED) is 0.371. The predicted molar refractivity (Wildman–Crippen MR) is 96.9 cm³/mol. The van der Waals surface area contributed by atoms with Gasteiger partial charge in [0, 0.05) is 33.2 Å². The molecule has 28 heavy (non-hydrogen) atoms. The van der Waals surface area contributed by atoms with E-state index < -0.39 is 29.4 Å². The Morgan fingerprint density at radius 3 is 2.11 bits per heavy atom. The van der Waals surface area contributed by atoms with Gasteiger partial charge in [-0.25, -0.2) is 5.06 Å². The smallest absolute Gasteiger partial charge is 0.302 e. The van der Waals surface area contributed by atoms with E-state index in [2.05, 4.69) is 0 Å². The fourth-order valence-electron chi connectivity index (χ4n) is 3.43. The number of nitrogens with zero attached hydrogens (tertiary/aromatic N) is 2. The van der Waals surface area contributed by atoms with Crippen LogP contribution in [0, 0.1) is 0 Å². The Balaban J connectivity index is 2.19. The molecule has 0 aromatic rings. The molecule has 2 amide bonds. The Morgan fingerprint density at radius 2 is 1.61 bits per heavy atom. The molecule has 0 saturated carbocycles. The number of hydroxylamine groups is 2. The predicted octanol–water partition coefficient (Wildman–Crippen LogP) is 0.966. The molecule has 9 heteroatoms. The van der Waals surface area contributed by atoms with Crippen LogP contribution in [0.4, 0.5) is 0 Å². The molecular weight excluding hydrogens is 368 g/mol. The minimum absolute atomic E-state index is 0.0353. The van der Waals surface area contributed by atoms with Gasteiger partial charge in [-0.3, -0.25) is 24.4 Å². The Labute approximate surface area is 163 Å². The maximum Gasteiger partial charge on any atom is 0.302 e. The first-order valence-corrected chi connectivity index (χ1v) is 9.20. The molecule has 0 spiro atoms. The normalized spacial score (nSPS) is 24.9. The highest BCUT2D eigenvalue weighted by Gasteiger charge is 2.56. The number of carbonyl (C=O) groups excluding carboxylic acids is 4. The SMILES string of the molecule is CC(=O)OC/C=C\CC1(C/C=C/COC(C)=O)C(=O)N2CCC[C@H]2C(=O)N1O. The number of carbonyl (C=O) groups is 4. The molecule has 2 atom stereocenters. The molecule has 0 aromatic heterocycles. The van der Waals surface area contributed by atoms with Crippen LogP contribution in [0.15, 0.2) is 24.3 Å². The highest BCUT2D eigenvalue weighted by Crippen LogP contribution is 2.36. The van der Waals surface area contributed by atoms with Crippen LogP contribution >= 0.6 is 0 Å². The third-order valence-corrected chi connectivity index (χ3v) is 4.82. The number of hydrogen-bond acceptors (Lipinski definition) is 7. The minimum atomic E-state index is -1.49. The molecule has 2 rings (SSSR count). The summed E-state index contributed by atoms with van der Waals surface area (Å²) in [5, 5.41) is 11.1. The molecule has 2 heterocycles. The second-order valence-corrected chi connectivity index (χ2v) is 6.79. The summed E-state index contributed by atoms with van der Waals surface area (Å²) < 4.78 is 9.63. The fourth-order valence-corrected chi connectivity index (χ4v) is 3.43. The Kier molecular flexibility index (Phi) is 7.33. The number of piperazine rings is 1. The topological polar surface area (TPSA) is 113 Å². The van der Waals surface area contributed by atoms with Crippen molar-refractivity contribution in [2.45, 2.75) is 51.1 Å². The lowest BCUT2D eigenvalue weighted by Crippen LogP contribution is -2.69. The standard InChI is InChI=1S/C19H26N2O7/c1-14(22)27-12-5-3-9-19(10-4-6-13-28-15(2)23)18(25)20-11-7-8-16(20)17(24)21(19)26/h3-6,16,26H,7-13H2,1-2H3/b5-3-,6-4+/t16-,19?/m0/s1. The second-order valence-electron chi connectivity index (χ2n) is 6.79. The number of rotatable bonds is 8. The monoisotopic (exact) mass is 394 g/mol. The molecule has 0 aromatic carbocycles. The van der Waals surface area contributed by atoms with E-state index in [0.29, 0.717) is 24.4 Å². The highest BCUT2D eigenvalue weighted by molar-refractivity contribution is 5.99. The van der Waals surface area contributed by atoms with Gasteiger partial charge in [-0.1, -0.05) is 24.3 Å². The van der Waals surface area contributed by atoms with Crippen molar-refractivity contribution in [3.05, 3.63) is 24.3 Å². The van der Waals surface area contributed by atoms with E-state index in [1.165, 1.54) is 18.7 Å². The van der Waals surface area contributed by atoms with Gasteiger partial charge in [0.2, 0.25) is 0 Å². The molecule has 0 bridgehead atoms. The number of fused-ring (bicyclic) bond motifs is 1. The third-order valence-electron chi connectivity index (χ3n) is 4.82. The summed E-state index contributed by atoms with van der Waals surface area (Å²) in [4.78, 5) is 49.0. The molecule has 0 aliphatic carbocycles. The van der Waals surface area contributed by atoms with Gasteiger partial charge in [-0.05, 0) is 12.8 Å². The van der Waals surface area contributed by atoms with E-state index in [1.807, 2.05) is 0 Å². The first-order chi connectivity index (χ1) is 13.3. The summed E-state index contributed by atoms with van der Waals surface area (Å²) >= 11 is 0. The summed E-state index contributed by atoms with van der Waals surface area (Å²) in [5.41, 5.74) is -1.49. The van der Waals surface area contributed by atoms with Gasteiger partial charge in [0.05, 0.1) is 0 Å². The largest absolute Gasteiger partial charge is 0.462 e. The zero-order valence-corrected chi connectivity index (χ0v) is 16.1. The minimum Gasteiger partial charge on any atom is -0.462 e. The van der Waals surface area contributed by atoms with Crippen LogP contribution < -0.4 is 0 Å².